The van der Waals surface area contributed by atoms with Crippen LogP contribution in [0.1, 0.15) is 5.56 Å². The van der Waals surface area contributed by atoms with Gasteiger partial charge in [0.1, 0.15) is 19.8 Å². The third kappa shape index (κ3) is 4.25. The predicted molar refractivity (Wildman–Crippen MR) is 82.1 cm³/mol. The van der Waals surface area contributed by atoms with Crippen LogP contribution in [0.25, 0.3) is 0 Å². The molecule has 1 aromatic rings. The molecule has 0 aliphatic carbocycles. The van der Waals surface area contributed by atoms with Crippen LogP contribution in [0.2, 0.25) is 0 Å². The predicted octanol–water partition coefficient (Wildman–Crippen LogP) is 7.24. The lowest BCUT2D eigenvalue weighted by Crippen LogP contribution is -2.05. The zero-order chi connectivity index (χ0) is 16.8. The van der Waals surface area contributed by atoms with Gasteiger partial charge in [-0.05, 0) is 5.56 Å². The van der Waals surface area contributed by atoms with E-state index in [0.717, 1.165) is 0 Å². The molecule has 6 nitrogen and oxygen atoms in total. The van der Waals surface area contributed by atoms with Crippen molar-refractivity contribution in [3.05, 3.63) is 35.9 Å². The molecule has 0 spiro atoms. The van der Waals surface area contributed by atoms with Crippen LogP contribution in [-0.2, 0) is 19.8 Å². The van der Waals surface area contributed by atoms with E-state index >= 15 is 0 Å². The highest BCUT2D eigenvalue weighted by Gasteiger charge is 2.45. The van der Waals surface area contributed by atoms with Crippen molar-refractivity contribution in [2.75, 3.05) is 12.7 Å². The summed E-state index contributed by atoms with van der Waals surface area (Å²) in [6, 6.07) is 8.53. The van der Waals surface area contributed by atoms with E-state index in [1.165, 1.54) is 0 Å². The number of hydrogen-bond donors (Lipinski definition) is 0. The van der Waals surface area contributed by atoms with Crippen molar-refractivity contribution in [2.45, 2.75) is 6.16 Å². The molecule has 14 heteroatoms. The lowest BCUT2D eigenvalue weighted by molar-refractivity contribution is 0.340. The monoisotopic (exact) mass is 409 g/mol. The SMILES string of the molecule is O=P1(Cc2ccccc2)COP2(F)=NP(F)(F)=NP(F)(=N2)OC1. The maximum Gasteiger partial charge on any atom is 0.425 e. The van der Waals surface area contributed by atoms with Crippen LogP contribution in [0, 0.1) is 0 Å². The van der Waals surface area contributed by atoms with Crippen molar-refractivity contribution in [2.24, 2.45) is 13.5 Å². The van der Waals surface area contributed by atoms with Crippen molar-refractivity contribution in [3.8, 4) is 0 Å². The minimum Gasteiger partial charge on any atom is -0.318 e. The molecular formula is C9H11F4N3O3P4. The van der Waals surface area contributed by atoms with Gasteiger partial charge in [-0.2, -0.15) is 8.39 Å². The van der Waals surface area contributed by atoms with Gasteiger partial charge < -0.3 is 4.57 Å². The van der Waals surface area contributed by atoms with E-state index in [9.17, 15) is 21.4 Å². The molecule has 3 unspecified atom stereocenters. The van der Waals surface area contributed by atoms with E-state index in [1.807, 2.05) is 0 Å². The quantitative estimate of drug-likeness (QED) is 0.382. The molecule has 0 aromatic heterocycles. The highest BCUT2D eigenvalue weighted by molar-refractivity contribution is 7.78. The summed E-state index contributed by atoms with van der Waals surface area (Å²) in [5.41, 5.74) is 0.648. The summed E-state index contributed by atoms with van der Waals surface area (Å²) < 4.78 is 85.4. The molecule has 23 heavy (non-hydrogen) atoms. The Balaban J connectivity index is 1.94. The van der Waals surface area contributed by atoms with Gasteiger partial charge >= 0.3 is 23.3 Å². The topological polar surface area (TPSA) is 72.6 Å². The molecule has 0 radical (unpaired) electrons. The summed E-state index contributed by atoms with van der Waals surface area (Å²) in [4.78, 5) is 0. The molecule has 2 aliphatic heterocycles. The molecule has 0 saturated carbocycles. The van der Waals surface area contributed by atoms with Crippen molar-refractivity contribution < 1.29 is 30.4 Å². The Morgan fingerprint density at radius 1 is 0.913 bits per heavy atom. The van der Waals surface area contributed by atoms with E-state index in [-0.39, 0.29) is 6.16 Å². The lowest BCUT2D eigenvalue weighted by atomic mass is 10.2. The molecule has 2 heterocycles. The van der Waals surface area contributed by atoms with Gasteiger partial charge in [-0.3, -0.25) is 9.05 Å². The second-order valence-corrected chi connectivity index (χ2v) is 13.3. The number of fused-ring (bicyclic) bond motifs is 1. The largest absolute Gasteiger partial charge is 0.425 e. The Hall–Kier alpha value is -0.220. The summed E-state index contributed by atoms with van der Waals surface area (Å²) in [7, 11) is -18.8. The van der Waals surface area contributed by atoms with E-state index in [1.54, 1.807) is 30.3 Å². The number of benzene rings is 1. The molecule has 3 rings (SSSR count). The van der Waals surface area contributed by atoms with Gasteiger partial charge in [-0.1, -0.05) is 30.3 Å². The average Bonchev–Trinajstić information content (AvgIpc) is 2.42. The fourth-order valence-corrected chi connectivity index (χ4v) is 11.4. The van der Waals surface area contributed by atoms with E-state index in [4.69, 9.17) is 0 Å². The summed E-state index contributed by atoms with van der Waals surface area (Å²) in [6.07, 6.45) is -1.43. The molecule has 0 amide bonds. The first-order valence-electron chi connectivity index (χ1n) is 6.21. The minimum atomic E-state index is -5.54. The Morgan fingerprint density at radius 3 is 2.09 bits per heavy atom. The first-order valence-corrected chi connectivity index (χ1v) is 13.0. The number of nitrogens with zero attached hydrogens (tertiary/aromatic N) is 3. The fraction of sp³-hybridized carbons (Fsp3) is 0.333. The zero-order valence-electron chi connectivity index (χ0n) is 11.4. The lowest BCUT2D eigenvalue weighted by Gasteiger charge is -2.27. The molecule has 0 saturated heterocycles. The maximum atomic E-state index is 14.3. The first-order chi connectivity index (χ1) is 10.6. The number of halogens is 4. The highest BCUT2D eigenvalue weighted by atomic mass is 31.3. The second-order valence-electron chi connectivity index (χ2n) is 4.89. The van der Waals surface area contributed by atoms with Gasteiger partial charge in [0.2, 0.25) is 0 Å². The summed E-state index contributed by atoms with van der Waals surface area (Å²) in [6.45, 7) is 0. The summed E-state index contributed by atoms with van der Waals surface area (Å²) in [5.74, 6) is 0. The Morgan fingerprint density at radius 2 is 1.48 bits per heavy atom. The van der Waals surface area contributed by atoms with Gasteiger partial charge in [0.05, 0.1) is 0 Å². The van der Waals surface area contributed by atoms with Crippen LogP contribution < -0.4 is 0 Å². The Bertz CT molecular complexity index is 822. The molecule has 3 atom stereocenters. The van der Waals surface area contributed by atoms with Crippen molar-refractivity contribution >= 4 is 30.5 Å². The second kappa shape index (κ2) is 5.94. The number of hydrogen-bond acceptors (Lipinski definition) is 6. The molecule has 0 N–H and O–H groups in total. The highest BCUT2D eigenvalue weighted by Crippen LogP contribution is 2.83. The van der Waals surface area contributed by atoms with Gasteiger partial charge in [-0.15, -0.1) is 21.9 Å². The first kappa shape index (κ1) is 17.6. The number of rotatable bonds is 2. The average molecular weight is 409 g/mol. The summed E-state index contributed by atoms with van der Waals surface area (Å²) >= 11 is 0. The smallest absolute Gasteiger partial charge is 0.318 e. The van der Waals surface area contributed by atoms with E-state index in [2.05, 4.69) is 22.6 Å². The molecule has 1 aromatic carbocycles. The van der Waals surface area contributed by atoms with E-state index < -0.39 is 43.1 Å². The van der Waals surface area contributed by atoms with Gasteiger partial charge in [0.25, 0.3) is 0 Å². The zero-order valence-corrected chi connectivity index (χ0v) is 15.0. The Labute approximate surface area is 129 Å². The van der Waals surface area contributed by atoms with Crippen LogP contribution in [0.5, 0.6) is 0 Å². The maximum absolute atomic E-state index is 14.3. The van der Waals surface area contributed by atoms with Gasteiger partial charge in [-0.25, -0.2) is 0 Å². The Kier molecular flexibility index (Phi) is 4.55. The van der Waals surface area contributed by atoms with Crippen LogP contribution in [0.3, 0.4) is 0 Å². The fourth-order valence-electron chi connectivity index (χ4n) is 1.96. The van der Waals surface area contributed by atoms with Crippen molar-refractivity contribution in [1.29, 1.82) is 0 Å². The minimum absolute atomic E-state index is 0.0423. The standard InChI is InChI=1S/C9H11F4N3O3P4/c10-21(11)14-22(12)16-23(13,15-21)19-8-20(17,7-18-22)6-9-4-2-1-3-5-9/h1-5H,6-8H2. The molecule has 128 valence electrons. The van der Waals surface area contributed by atoms with E-state index in [0.29, 0.717) is 5.56 Å². The van der Waals surface area contributed by atoms with Gasteiger partial charge in [0, 0.05) is 6.16 Å². The van der Waals surface area contributed by atoms with Crippen LogP contribution in [0.4, 0.5) is 16.8 Å². The van der Waals surface area contributed by atoms with Crippen LogP contribution >= 0.6 is 30.5 Å². The normalized spacial score (nSPS) is 39.1. The molecule has 0 fully saturated rings. The molecule has 2 bridgehead atoms. The third-order valence-corrected chi connectivity index (χ3v) is 11.6. The van der Waals surface area contributed by atoms with Gasteiger partial charge in [0.15, 0.2) is 0 Å². The third-order valence-electron chi connectivity index (χ3n) is 2.88. The summed E-state index contributed by atoms with van der Waals surface area (Å²) in [5, 5.41) is 0. The molecular weight excluding hydrogens is 398 g/mol. The van der Waals surface area contributed by atoms with Crippen molar-refractivity contribution in [1.82, 2.24) is 0 Å². The van der Waals surface area contributed by atoms with Crippen LogP contribution in [0.15, 0.2) is 43.9 Å². The van der Waals surface area contributed by atoms with Crippen LogP contribution in [-0.4, -0.2) is 12.7 Å². The molecule has 2 aliphatic rings. The van der Waals surface area contributed by atoms with Crippen molar-refractivity contribution in [3.63, 3.8) is 0 Å².